The lowest BCUT2D eigenvalue weighted by molar-refractivity contribution is -0.219. The fourth-order valence-corrected chi connectivity index (χ4v) is 15.9. The van der Waals surface area contributed by atoms with Gasteiger partial charge in [0.1, 0.15) is 59.9 Å². The quantitative estimate of drug-likeness (QED) is 0.149. The van der Waals surface area contributed by atoms with Gasteiger partial charge in [-0.05, 0) is 116 Å². The number of allylic oxidation sites excluding steroid dienone is 4. The molecule has 1 amide bonds. The fourth-order valence-electron chi connectivity index (χ4n) is 15.1. The molecular formula is C58H82ClF2N5O14S. The number of carbonyl (C=O) groups excluding carboxylic acids is 3. The Bertz CT molecular complexity index is 2850. The number of carbonyl (C=O) groups is 4. The number of aliphatic hydroxyl groups is 6. The minimum atomic E-state index is -1.98. The lowest BCUT2D eigenvalue weighted by Gasteiger charge is -2.62. The average molecular weight is 1180 g/mol. The maximum Gasteiger partial charge on any atom is 0.341 e. The molecule has 2 aromatic rings. The highest BCUT2D eigenvalue weighted by Gasteiger charge is 2.75. The third-order valence-corrected chi connectivity index (χ3v) is 20.7. The molecule has 450 valence electrons. The van der Waals surface area contributed by atoms with E-state index in [4.69, 9.17) is 21.1 Å². The van der Waals surface area contributed by atoms with Crippen molar-refractivity contribution in [2.75, 3.05) is 71.2 Å². The number of hydrogen-bond donors (Lipinski definition) is 8. The predicted octanol–water partition coefficient (Wildman–Crippen LogP) is 3.83. The largest absolute Gasteiger partial charge is 0.487 e. The van der Waals surface area contributed by atoms with E-state index in [0.29, 0.717) is 60.8 Å². The van der Waals surface area contributed by atoms with Crippen LogP contribution in [-0.4, -0.2) is 205 Å². The van der Waals surface area contributed by atoms with E-state index in [-0.39, 0.29) is 53.7 Å². The monoisotopic (exact) mass is 1180 g/mol. The van der Waals surface area contributed by atoms with E-state index in [1.54, 1.807) is 44.6 Å². The Morgan fingerprint density at radius 2 is 1.69 bits per heavy atom. The Balaban J connectivity index is 0.000000159. The number of likely N-dealkylation sites (N-methyl/N-ethyl adjacent to an activating group) is 2. The number of benzene rings is 1. The van der Waals surface area contributed by atoms with Gasteiger partial charge in [0.2, 0.25) is 11.3 Å². The van der Waals surface area contributed by atoms with Crippen LogP contribution >= 0.6 is 23.4 Å². The summed E-state index contributed by atoms with van der Waals surface area (Å²) < 4.78 is 45.2. The molecule has 19 nitrogen and oxygen atoms in total. The zero-order valence-corrected chi connectivity index (χ0v) is 49.3. The van der Waals surface area contributed by atoms with Crippen LogP contribution in [0.1, 0.15) is 103 Å². The van der Waals surface area contributed by atoms with Crippen LogP contribution in [0.2, 0.25) is 0 Å². The number of likely N-dealkylation sites (tertiary alicyclic amines) is 1. The Labute approximate surface area is 480 Å². The number of piperazine rings is 1. The average Bonchev–Trinajstić information content (AvgIpc) is 2.12. The second-order valence-electron chi connectivity index (χ2n) is 24.5. The van der Waals surface area contributed by atoms with Crippen molar-refractivity contribution in [3.05, 3.63) is 57.7 Å². The molecule has 5 heterocycles. The highest BCUT2D eigenvalue weighted by atomic mass is 35.5. The zero-order chi connectivity index (χ0) is 59.6. The second-order valence-corrected chi connectivity index (χ2v) is 26.1. The van der Waals surface area contributed by atoms with Crippen molar-refractivity contribution >= 4 is 63.4 Å². The SMILES string of the molecule is CCC[C@@H]1C[C@@H](C(=O)N[C@@H]([C@H]2O[C@H](SC)[C@H](O)[C@@H](O)[C@H]2O)[C@H](C)Cl)N(C)C1.C[C@H]1COc2c(N3CCN(C)CC3)c(F)cc3c(=O)c(C(=O)O)cn1c23.C[C@H]1C[C@H]2[C@@H]3CCC4=CC(=O)C=C[C@]4(C)[C@@]3(F)[C@@H](O)C[C@]2(C)[C@@]1(O)C(=O)CO. The molecule has 8 N–H and O–H groups in total. The van der Waals surface area contributed by atoms with Gasteiger partial charge in [-0.3, -0.25) is 24.1 Å². The number of ether oxygens (including phenoxy) is 2. The van der Waals surface area contributed by atoms with Gasteiger partial charge in [-0.2, -0.15) is 0 Å². The van der Waals surface area contributed by atoms with Gasteiger partial charge in [0, 0.05) is 55.7 Å². The summed E-state index contributed by atoms with van der Waals surface area (Å²) in [7, 11) is 3.95. The number of anilines is 1. The fraction of sp³-hybridized carbons (Fsp3) is 0.707. The summed E-state index contributed by atoms with van der Waals surface area (Å²) in [6.07, 6.45) is 5.68. The van der Waals surface area contributed by atoms with Gasteiger partial charge >= 0.3 is 5.97 Å². The Morgan fingerprint density at radius 1 is 1.01 bits per heavy atom. The van der Waals surface area contributed by atoms with Gasteiger partial charge in [-0.15, -0.1) is 23.4 Å². The first-order valence-electron chi connectivity index (χ1n) is 28.3. The number of nitrogens with one attached hydrogen (secondary N) is 1. The van der Waals surface area contributed by atoms with E-state index in [1.165, 1.54) is 30.1 Å². The van der Waals surface area contributed by atoms with Crippen LogP contribution in [0.15, 0.2) is 40.9 Å². The van der Waals surface area contributed by atoms with Gasteiger partial charge < -0.3 is 64.9 Å². The number of rotatable bonds is 11. The van der Waals surface area contributed by atoms with Crippen molar-refractivity contribution in [1.29, 1.82) is 0 Å². The maximum atomic E-state index is 16.9. The van der Waals surface area contributed by atoms with Crippen molar-refractivity contribution < 1.29 is 73.2 Å². The number of hydrogen-bond acceptors (Lipinski definition) is 17. The molecule has 23 heteroatoms. The number of halogens is 3. The summed E-state index contributed by atoms with van der Waals surface area (Å²) in [5.41, 5.74) is -6.10. The van der Waals surface area contributed by atoms with E-state index < -0.39 is 111 Å². The molecule has 0 bridgehead atoms. The number of carboxylic acid groups (broad SMARTS) is 1. The first-order valence-corrected chi connectivity index (χ1v) is 30.0. The number of carboxylic acids is 1. The van der Waals surface area contributed by atoms with E-state index in [0.717, 1.165) is 45.0 Å². The number of amides is 1. The minimum absolute atomic E-state index is 0.0434. The van der Waals surface area contributed by atoms with E-state index in [1.807, 2.05) is 30.8 Å². The number of fused-ring (bicyclic) bond motifs is 5. The molecule has 6 fully saturated rings. The van der Waals surface area contributed by atoms with Gasteiger partial charge in [0.15, 0.2) is 28.8 Å². The molecule has 3 saturated carbocycles. The highest BCUT2D eigenvalue weighted by molar-refractivity contribution is 7.99. The van der Waals surface area contributed by atoms with E-state index in [9.17, 15) is 64.1 Å². The van der Waals surface area contributed by atoms with Crippen molar-refractivity contribution in [3.8, 4) is 5.75 Å². The molecule has 4 aliphatic carbocycles. The molecule has 8 aliphatic rings. The topological polar surface area (TPSA) is 272 Å². The molecule has 4 aliphatic heterocycles. The molecule has 0 radical (unpaired) electrons. The Kier molecular flexibility index (Phi) is 18.8. The Morgan fingerprint density at radius 3 is 2.31 bits per heavy atom. The third kappa shape index (κ3) is 10.8. The van der Waals surface area contributed by atoms with Crippen LogP contribution in [-0.2, 0) is 19.1 Å². The van der Waals surface area contributed by atoms with Crippen molar-refractivity contribution in [1.82, 2.24) is 19.7 Å². The lowest BCUT2D eigenvalue weighted by Crippen LogP contribution is -2.69. The number of aromatic carboxylic acids is 1. The van der Waals surface area contributed by atoms with Crippen molar-refractivity contribution in [2.45, 2.75) is 157 Å². The molecule has 3 saturated heterocycles. The maximum absolute atomic E-state index is 16.9. The van der Waals surface area contributed by atoms with Crippen molar-refractivity contribution in [2.24, 2.45) is 34.5 Å². The van der Waals surface area contributed by atoms with Crippen LogP contribution in [0.4, 0.5) is 14.5 Å². The van der Waals surface area contributed by atoms with Gasteiger partial charge in [-0.1, -0.05) is 38.8 Å². The molecule has 81 heavy (non-hydrogen) atoms. The lowest BCUT2D eigenvalue weighted by atomic mass is 9.44. The number of alkyl halides is 2. The number of ketones is 2. The minimum Gasteiger partial charge on any atom is -0.487 e. The Hall–Kier alpha value is -4.07. The summed E-state index contributed by atoms with van der Waals surface area (Å²) in [6.45, 7) is 14.3. The summed E-state index contributed by atoms with van der Waals surface area (Å²) in [6, 6.07) is 0.0604. The first-order chi connectivity index (χ1) is 38.0. The van der Waals surface area contributed by atoms with E-state index >= 15 is 4.39 Å². The molecule has 0 unspecified atom stereocenters. The molecule has 1 aromatic carbocycles. The molecular weight excluding hydrogens is 1100 g/mol. The summed E-state index contributed by atoms with van der Waals surface area (Å²) in [4.78, 5) is 67.4. The number of aliphatic hydroxyl groups excluding tert-OH is 5. The van der Waals surface area contributed by atoms with Crippen LogP contribution in [0.3, 0.4) is 0 Å². The number of nitrogens with zero attached hydrogens (tertiary/aromatic N) is 4. The molecule has 0 spiro atoms. The molecule has 1 aromatic heterocycles. The molecule has 10 rings (SSSR count). The second kappa shape index (κ2) is 24.1. The number of aromatic nitrogens is 1. The third-order valence-electron chi connectivity index (χ3n) is 19.6. The van der Waals surface area contributed by atoms with Crippen LogP contribution in [0.5, 0.6) is 5.75 Å². The van der Waals surface area contributed by atoms with Gasteiger partial charge in [0.25, 0.3) is 0 Å². The zero-order valence-electron chi connectivity index (χ0n) is 47.7. The first kappa shape index (κ1) is 63.0. The smallest absolute Gasteiger partial charge is 0.341 e. The summed E-state index contributed by atoms with van der Waals surface area (Å²) in [5.74, 6) is -3.31. The standard InChI is InChI=1S/C22H29FO5.C18H33ClN2O5S.C18H20FN3O4/c1-12-8-16-15-5-4-13-9-14(25)6-7-19(13,2)21(15,23)17(26)10-20(16,3)22(12,28)18(27)11-24;1-5-6-10-7-11(21(3)8-10)17(25)20-12(9(2)19)16-14(23)13(22)15(24)18(26-16)27-4;1-10-9-26-17-14-11(16(23)12(18(24)25)8-22(10)14)7-13(19)15(17)21-5-3-20(2)4-6-21/h6-7,9,12,15-17,24,26,28H,4-5,8,10-11H2,1-3H3;9-16,18,22-24H,5-8H2,1-4H3,(H,20,25);7-8,10H,3-6,9H2,1-2H3,(H,24,25)/t12-,15-,16-,17-,19-,20-,21-,22-;9-,10+,11-,12+,13-,14+,15+,16+,18+;10-/m000/s1. The molecule has 18 atom stereocenters. The summed E-state index contributed by atoms with van der Waals surface area (Å²) >= 11 is 7.55. The van der Waals surface area contributed by atoms with Crippen LogP contribution < -0.4 is 20.4 Å². The number of thioether (sulfide) groups is 1. The highest BCUT2D eigenvalue weighted by Crippen LogP contribution is 2.70. The number of pyridine rings is 1. The van der Waals surface area contributed by atoms with Gasteiger partial charge in [0.05, 0.1) is 40.5 Å². The predicted molar refractivity (Wildman–Crippen MR) is 302 cm³/mol. The van der Waals surface area contributed by atoms with Crippen LogP contribution in [0.25, 0.3) is 10.9 Å². The number of Topliss-reactive ketones (excluding diaryl/α,β-unsaturated/α-hetero) is 1. The van der Waals surface area contributed by atoms with Crippen molar-refractivity contribution in [3.63, 3.8) is 0 Å². The summed E-state index contributed by atoms with van der Waals surface area (Å²) in [5, 5.41) is 74.4. The van der Waals surface area contributed by atoms with Gasteiger partial charge in [-0.25, -0.2) is 13.6 Å². The normalized spacial score (nSPS) is 38.0. The van der Waals surface area contributed by atoms with Crippen LogP contribution in [0, 0.1) is 40.3 Å². The van der Waals surface area contributed by atoms with E-state index in [2.05, 4.69) is 17.1 Å².